The highest BCUT2D eigenvalue weighted by atomic mass is 35.5. The Morgan fingerprint density at radius 2 is 2.25 bits per heavy atom. The van der Waals surface area contributed by atoms with E-state index in [-0.39, 0.29) is 0 Å². The summed E-state index contributed by atoms with van der Waals surface area (Å²) in [5.74, 6) is 6.46. The average molecular weight is 197 g/mol. The van der Waals surface area contributed by atoms with Crippen LogP contribution in [0.25, 0.3) is 0 Å². The molecule has 0 amide bonds. The minimum absolute atomic E-state index is 0.575. The van der Waals surface area contributed by atoms with E-state index in [9.17, 15) is 0 Å². The third kappa shape index (κ3) is 2.20. The molecule has 0 N–H and O–H groups in total. The van der Waals surface area contributed by atoms with Crippen molar-refractivity contribution in [3.05, 3.63) is 34.3 Å². The Labute approximate surface area is 83.3 Å². The lowest BCUT2D eigenvalue weighted by molar-refractivity contribution is 1.43. The van der Waals surface area contributed by atoms with Crippen molar-refractivity contribution < 1.29 is 0 Å². The van der Waals surface area contributed by atoms with Crippen LogP contribution in [0, 0.1) is 18.8 Å². The van der Waals surface area contributed by atoms with E-state index in [1.54, 1.807) is 0 Å². The number of halogens is 1. The summed E-state index contributed by atoms with van der Waals surface area (Å²) in [6, 6.07) is 5.72. The van der Waals surface area contributed by atoms with Crippen LogP contribution in [0.5, 0.6) is 0 Å². The molecule has 0 spiro atoms. The molecule has 0 fully saturated rings. The third-order valence-corrected chi connectivity index (χ3v) is 2.14. The second-order valence-corrected chi connectivity index (χ2v) is 3.10. The summed E-state index contributed by atoms with van der Waals surface area (Å²) in [5.41, 5.74) is 2.02. The van der Waals surface area contributed by atoms with Gasteiger partial charge in [0.25, 0.3) is 0 Å². The zero-order valence-electron chi connectivity index (χ0n) is 6.76. The number of rotatable bonds is 0. The molecule has 0 unspecified atom stereocenters. The first-order valence-corrected chi connectivity index (χ1v) is 4.61. The molecule has 1 aromatic carbocycles. The molecule has 0 saturated heterocycles. The molecule has 1 rings (SSSR count). The van der Waals surface area contributed by atoms with Crippen LogP contribution < -0.4 is 0 Å². The predicted molar refractivity (Wildman–Crippen MR) is 56.9 cm³/mol. The van der Waals surface area contributed by atoms with Gasteiger partial charge in [0.05, 0.1) is 5.75 Å². The number of hydrogen-bond donors (Lipinski definition) is 1. The Morgan fingerprint density at radius 1 is 1.50 bits per heavy atom. The second kappa shape index (κ2) is 4.45. The van der Waals surface area contributed by atoms with Crippen molar-refractivity contribution in [2.24, 2.45) is 0 Å². The fourth-order valence-corrected chi connectivity index (χ4v) is 1.13. The monoisotopic (exact) mass is 196 g/mol. The molecular weight excluding hydrogens is 188 g/mol. The first-order valence-electron chi connectivity index (χ1n) is 3.60. The van der Waals surface area contributed by atoms with E-state index in [0.717, 1.165) is 16.1 Å². The van der Waals surface area contributed by atoms with Gasteiger partial charge < -0.3 is 0 Å². The minimum Gasteiger partial charge on any atom is -0.166 e. The fourth-order valence-electron chi connectivity index (χ4n) is 0.878. The molecule has 0 radical (unpaired) electrons. The molecule has 0 aliphatic carbocycles. The van der Waals surface area contributed by atoms with Gasteiger partial charge in [0.1, 0.15) is 0 Å². The largest absolute Gasteiger partial charge is 0.166 e. The van der Waals surface area contributed by atoms with Crippen LogP contribution in [0.15, 0.2) is 18.2 Å². The average Bonchev–Trinajstić information content (AvgIpc) is 2.08. The highest BCUT2D eigenvalue weighted by Gasteiger charge is 1.97. The zero-order chi connectivity index (χ0) is 8.97. The third-order valence-electron chi connectivity index (χ3n) is 1.57. The lowest BCUT2D eigenvalue weighted by atomic mass is 10.1. The smallest absolute Gasteiger partial charge is 0.0521 e. The first kappa shape index (κ1) is 9.51. The van der Waals surface area contributed by atoms with Crippen molar-refractivity contribution in [3.8, 4) is 11.8 Å². The molecule has 0 atom stereocenters. The lowest BCUT2D eigenvalue weighted by Crippen LogP contribution is -1.82. The maximum absolute atomic E-state index is 5.91. The van der Waals surface area contributed by atoms with Gasteiger partial charge in [-0.25, -0.2) is 0 Å². The van der Waals surface area contributed by atoms with Crippen LogP contribution in [0.4, 0.5) is 0 Å². The lowest BCUT2D eigenvalue weighted by Gasteiger charge is -1.98. The maximum Gasteiger partial charge on any atom is 0.0521 e. The summed E-state index contributed by atoms with van der Waals surface area (Å²) in [7, 11) is 0. The van der Waals surface area contributed by atoms with E-state index in [2.05, 4.69) is 24.5 Å². The van der Waals surface area contributed by atoms with Crippen LogP contribution in [0.3, 0.4) is 0 Å². The van der Waals surface area contributed by atoms with E-state index in [4.69, 9.17) is 11.6 Å². The molecule has 0 bridgehead atoms. The van der Waals surface area contributed by atoms with Crippen LogP contribution in [0.2, 0.25) is 5.02 Å². The van der Waals surface area contributed by atoms with Crippen LogP contribution in [-0.2, 0) is 0 Å². The number of hydrogen-bond acceptors (Lipinski definition) is 1. The topological polar surface area (TPSA) is 0 Å². The van der Waals surface area contributed by atoms with Crippen molar-refractivity contribution in [2.75, 3.05) is 5.75 Å². The molecule has 0 aliphatic heterocycles. The standard InChI is InChI=1S/C10H9ClS/c1-8-9(5-3-7-12)4-2-6-10(8)11/h2,4,6,12H,7H2,1H3. The summed E-state index contributed by atoms with van der Waals surface area (Å²) in [6.07, 6.45) is 0. The molecule has 0 saturated carbocycles. The summed E-state index contributed by atoms with van der Waals surface area (Å²) in [5, 5.41) is 0.765. The van der Waals surface area contributed by atoms with Crippen LogP contribution in [0.1, 0.15) is 11.1 Å². The highest BCUT2D eigenvalue weighted by molar-refractivity contribution is 7.80. The van der Waals surface area contributed by atoms with E-state index >= 15 is 0 Å². The Bertz CT molecular complexity index is 333. The Hall–Kier alpha value is -0.580. The van der Waals surface area contributed by atoms with E-state index in [1.807, 2.05) is 25.1 Å². The van der Waals surface area contributed by atoms with Crippen molar-refractivity contribution in [1.29, 1.82) is 0 Å². The van der Waals surface area contributed by atoms with Crippen molar-refractivity contribution in [3.63, 3.8) is 0 Å². The minimum atomic E-state index is 0.575. The SMILES string of the molecule is Cc1c(Cl)cccc1C#CCS. The van der Waals surface area contributed by atoms with Crippen LogP contribution in [-0.4, -0.2) is 5.75 Å². The predicted octanol–water partition coefficient (Wildman–Crippen LogP) is 2.93. The van der Waals surface area contributed by atoms with Crippen LogP contribution >= 0.6 is 24.2 Å². The molecule has 0 heterocycles. The van der Waals surface area contributed by atoms with Crippen molar-refractivity contribution in [2.45, 2.75) is 6.92 Å². The molecular formula is C10H9ClS. The molecule has 2 heteroatoms. The normalized spacial score (nSPS) is 8.92. The van der Waals surface area contributed by atoms with E-state index in [0.29, 0.717) is 5.75 Å². The molecule has 62 valence electrons. The quantitative estimate of drug-likeness (QED) is 0.479. The fraction of sp³-hybridized carbons (Fsp3) is 0.200. The van der Waals surface area contributed by atoms with Gasteiger partial charge in [-0.15, -0.1) is 0 Å². The first-order chi connectivity index (χ1) is 5.75. The van der Waals surface area contributed by atoms with Gasteiger partial charge in [0, 0.05) is 10.6 Å². The van der Waals surface area contributed by atoms with Crippen molar-refractivity contribution in [1.82, 2.24) is 0 Å². The second-order valence-electron chi connectivity index (χ2n) is 2.37. The Morgan fingerprint density at radius 3 is 2.92 bits per heavy atom. The Balaban J connectivity index is 3.08. The highest BCUT2D eigenvalue weighted by Crippen LogP contribution is 2.17. The summed E-state index contributed by atoms with van der Waals surface area (Å²) >= 11 is 9.91. The van der Waals surface area contributed by atoms with Gasteiger partial charge in [-0.1, -0.05) is 29.5 Å². The molecule has 12 heavy (non-hydrogen) atoms. The van der Waals surface area contributed by atoms with Gasteiger partial charge in [-0.05, 0) is 24.6 Å². The zero-order valence-corrected chi connectivity index (χ0v) is 8.41. The molecule has 0 aromatic heterocycles. The maximum atomic E-state index is 5.91. The van der Waals surface area contributed by atoms with E-state index < -0.39 is 0 Å². The summed E-state index contributed by atoms with van der Waals surface area (Å²) < 4.78 is 0. The summed E-state index contributed by atoms with van der Waals surface area (Å²) in [4.78, 5) is 0. The number of thiol groups is 1. The summed E-state index contributed by atoms with van der Waals surface area (Å²) in [6.45, 7) is 1.96. The molecule has 0 nitrogen and oxygen atoms in total. The van der Waals surface area contributed by atoms with E-state index in [1.165, 1.54) is 0 Å². The van der Waals surface area contributed by atoms with Crippen molar-refractivity contribution >= 4 is 24.2 Å². The van der Waals surface area contributed by atoms with Gasteiger partial charge >= 0.3 is 0 Å². The van der Waals surface area contributed by atoms with Gasteiger partial charge in [-0.2, -0.15) is 12.6 Å². The number of benzene rings is 1. The van der Waals surface area contributed by atoms with Gasteiger partial charge in [-0.3, -0.25) is 0 Å². The molecule has 1 aromatic rings. The van der Waals surface area contributed by atoms with Gasteiger partial charge in [0.15, 0.2) is 0 Å². The Kier molecular flexibility index (Phi) is 3.52. The van der Waals surface area contributed by atoms with Gasteiger partial charge in [0.2, 0.25) is 0 Å². The molecule has 0 aliphatic rings.